The molecule has 1 aromatic heterocycles. The third kappa shape index (κ3) is 2.52. The van der Waals surface area contributed by atoms with Crippen molar-refractivity contribution in [1.29, 1.82) is 0 Å². The molecule has 0 radical (unpaired) electrons. The molecule has 1 heterocycles. The first-order chi connectivity index (χ1) is 9.35. The minimum Gasteiger partial charge on any atom is -0.457 e. The maximum atomic E-state index is 10.1. The van der Waals surface area contributed by atoms with Crippen molar-refractivity contribution in [2.45, 2.75) is 0 Å². The van der Waals surface area contributed by atoms with Gasteiger partial charge in [0.15, 0.2) is 0 Å². The van der Waals surface area contributed by atoms with Crippen LogP contribution in [0.3, 0.4) is 0 Å². The Balaban J connectivity index is 1.85. The van der Waals surface area contributed by atoms with Gasteiger partial charge in [-0.3, -0.25) is 0 Å². The number of aromatic nitrogens is 1. The average molecular weight is 268 g/mol. The summed E-state index contributed by atoms with van der Waals surface area (Å²) >= 11 is 1.46. The van der Waals surface area contributed by atoms with Crippen molar-refractivity contribution in [3.05, 3.63) is 48.7 Å². The SMILES string of the molecule is O=C=Nc1ccc(Oc2ccc3sncc3c2)cc1. The first-order valence-corrected chi connectivity index (χ1v) is 6.33. The predicted molar refractivity (Wildman–Crippen MR) is 73.9 cm³/mol. The summed E-state index contributed by atoms with van der Waals surface area (Å²) in [6.07, 6.45) is 3.31. The van der Waals surface area contributed by atoms with Crippen molar-refractivity contribution in [3.63, 3.8) is 0 Å². The van der Waals surface area contributed by atoms with Gasteiger partial charge in [0.1, 0.15) is 11.5 Å². The van der Waals surface area contributed by atoms with Crippen LogP contribution in [0.1, 0.15) is 0 Å². The monoisotopic (exact) mass is 268 g/mol. The highest BCUT2D eigenvalue weighted by molar-refractivity contribution is 7.13. The van der Waals surface area contributed by atoms with Crippen molar-refractivity contribution in [3.8, 4) is 11.5 Å². The van der Waals surface area contributed by atoms with Crippen molar-refractivity contribution in [2.24, 2.45) is 4.99 Å². The zero-order chi connectivity index (χ0) is 13.1. The van der Waals surface area contributed by atoms with Crippen LogP contribution in [-0.2, 0) is 4.79 Å². The van der Waals surface area contributed by atoms with Gasteiger partial charge in [0.05, 0.1) is 10.4 Å². The number of hydrogen-bond donors (Lipinski definition) is 0. The summed E-state index contributed by atoms with van der Waals surface area (Å²) in [5, 5.41) is 1.06. The topological polar surface area (TPSA) is 51.5 Å². The lowest BCUT2D eigenvalue weighted by molar-refractivity contribution is 0.483. The lowest BCUT2D eigenvalue weighted by atomic mass is 10.2. The van der Waals surface area contributed by atoms with Gasteiger partial charge >= 0.3 is 0 Å². The van der Waals surface area contributed by atoms with Crippen LogP contribution >= 0.6 is 11.5 Å². The summed E-state index contributed by atoms with van der Waals surface area (Å²) in [7, 11) is 0. The van der Waals surface area contributed by atoms with Crippen LogP contribution in [0.4, 0.5) is 5.69 Å². The zero-order valence-electron chi connectivity index (χ0n) is 9.74. The standard InChI is InChI=1S/C14H8N2O2S/c17-9-15-11-1-3-12(4-2-11)18-13-5-6-14-10(7-13)8-16-19-14/h1-8H. The number of carbonyl (C=O) groups excluding carboxylic acids is 1. The summed E-state index contributed by atoms with van der Waals surface area (Å²) < 4.78 is 11.0. The van der Waals surface area contributed by atoms with Crippen molar-refractivity contribution >= 4 is 33.4 Å². The number of aliphatic imine (C=N–C) groups is 1. The second-order valence-electron chi connectivity index (χ2n) is 3.82. The van der Waals surface area contributed by atoms with Gasteiger partial charge in [-0.15, -0.1) is 0 Å². The minimum atomic E-state index is 0.555. The van der Waals surface area contributed by atoms with Gasteiger partial charge in [-0.05, 0) is 54.0 Å². The Morgan fingerprint density at radius 2 is 1.89 bits per heavy atom. The molecular formula is C14H8N2O2S. The molecule has 92 valence electrons. The molecule has 0 fully saturated rings. The highest BCUT2D eigenvalue weighted by Crippen LogP contribution is 2.28. The highest BCUT2D eigenvalue weighted by atomic mass is 32.1. The maximum Gasteiger partial charge on any atom is 0.240 e. The Morgan fingerprint density at radius 1 is 1.11 bits per heavy atom. The van der Waals surface area contributed by atoms with Gasteiger partial charge in [-0.1, -0.05) is 0 Å². The van der Waals surface area contributed by atoms with Gasteiger partial charge in [-0.2, -0.15) is 9.37 Å². The summed E-state index contributed by atoms with van der Waals surface area (Å²) in [6.45, 7) is 0. The van der Waals surface area contributed by atoms with E-state index in [9.17, 15) is 4.79 Å². The van der Waals surface area contributed by atoms with Crippen LogP contribution in [-0.4, -0.2) is 10.5 Å². The smallest absolute Gasteiger partial charge is 0.240 e. The van der Waals surface area contributed by atoms with Gasteiger partial charge in [0, 0.05) is 11.6 Å². The van der Waals surface area contributed by atoms with E-state index < -0.39 is 0 Å². The number of benzene rings is 2. The molecular weight excluding hydrogens is 260 g/mol. The van der Waals surface area contributed by atoms with Crippen molar-refractivity contribution in [2.75, 3.05) is 0 Å². The van der Waals surface area contributed by atoms with Crippen LogP contribution in [0, 0.1) is 0 Å². The molecule has 3 rings (SSSR count). The van der Waals surface area contributed by atoms with Crippen molar-refractivity contribution in [1.82, 2.24) is 4.37 Å². The molecule has 0 saturated heterocycles. The molecule has 0 aliphatic rings. The lowest BCUT2D eigenvalue weighted by Crippen LogP contribution is -1.82. The Morgan fingerprint density at radius 3 is 2.68 bits per heavy atom. The van der Waals surface area contributed by atoms with Crippen LogP contribution in [0.25, 0.3) is 10.1 Å². The molecule has 0 spiro atoms. The number of nitrogens with zero attached hydrogens (tertiary/aromatic N) is 2. The van der Waals surface area contributed by atoms with Gasteiger partial charge in [0.2, 0.25) is 6.08 Å². The molecule has 0 bridgehead atoms. The molecule has 0 aliphatic heterocycles. The lowest BCUT2D eigenvalue weighted by Gasteiger charge is -2.05. The molecule has 0 N–H and O–H groups in total. The van der Waals surface area contributed by atoms with Crippen LogP contribution in [0.15, 0.2) is 53.7 Å². The summed E-state index contributed by atoms with van der Waals surface area (Å²) in [4.78, 5) is 13.6. The largest absolute Gasteiger partial charge is 0.457 e. The third-order valence-electron chi connectivity index (χ3n) is 2.57. The maximum absolute atomic E-state index is 10.1. The number of ether oxygens (including phenoxy) is 1. The molecule has 0 unspecified atom stereocenters. The van der Waals surface area contributed by atoms with Crippen LogP contribution in [0.2, 0.25) is 0 Å². The van der Waals surface area contributed by atoms with E-state index in [2.05, 4.69) is 9.37 Å². The van der Waals surface area contributed by atoms with Gasteiger partial charge in [-0.25, -0.2) is 4.79 Å². The predicted octanol–water partition coefficient (Wildman–Crippen LogP) is 4.06. The molecule has 3 aromatic rings. The van der Waals surface area contributed by atoms with Crippen LogP contribution in [0.5, 0.6) is 11.5 Å². The number of rotatable bonds is 3. The fourth-order valence-electron chi connectivity index (χ4n) is 1.69. The number of hydrogen-bond acceptors (Lipinski definition) is 5. The Kier molecular flexibility index (Phi) is 3.06. The Bertz CT molecular complexity index is 758. The van der Waals surface area contributed by atoms with E-state index in [1.54, 1.807) is 24.3 Å². The van der Waals surface area contributed by atoms with E-state index in [1.807, 2.05) is 24.4 Å². The average Bonchev–Trinajstić information content (AvgIpc) is 2.89. The highest BCUT2D eigenvalue weighted by Gasteiger charge is 2.01. The van der Waals surface area contributed by atoms with E-state index in [4.69, 9.17) is 4.74 Å². The van der Waals surface area contributed by atoms with E-state index in [0.29, 0.717) is 11.4 Å². The molecule has 0 aliphatic carbocycles. The first kappa shape index (κ1) is 11.6. The molecule has 0 atom stereocenters. The van der Waals surface area contributed by atoms with E-state index in [0.717, 1.165) is 15.8 Å². The van der Waals surface area contributed by atoms with E-state index in [-0.39, 0.29) is 0 Å². The molecule has 2 aromatic carbocycles. The fourth-order valence-corrected chi connectivity index (χ4v) is 2.32. The van der Waals surface area contributed by atoms with Crippen LogP contribution < -0.4 is 4.74 Å². The molecule has 19 heavy (non-hydrogen) atoms. The second kappa shape index (κ2) is 5.02. The molecule has 5 heteroatoms. The fraction of sp³-hybridized carbons (Fsp3) is 0. The summed E-state index contributed by atoms with van der Waals surface area (Å²) in [5.41, 5.74) is 0.555. The molecule has 4 nitrogen and oxygen atoms in total. The molecule has 0 saturated carbocycles. The quantitative estimate of drug-likeness (QED) is 0.531. The van der Waals surface area contributed by atoms with Crippen molar-refractivity contribution < 1.29 is 9.53 Å². The zero-order valence-corrected chi connectivity index (χ0v) is 10.6. The van der Waals surface area contributed by atoms with Gasteiger partial charge in [0.25, 0.3) is 0 Å². The third-order valence-corrected chi connectivity index (χ3v) is 3.35. The number of isocyanates is 1. The minimum absolute atomic E-state index is 0.555. The van der Waals surface area contributed by atoms with Gasteiger partial charge < -0.3 is 4.74 Å². The Labute approximate surface area is 113 Å². The van der Waals surface area contributed by atoms with E-state index in [1.165, 1.54) is 17.6 Å². The summed E-state index contributed by atoms with van der Waals surface area (Å²) in [6, 6.07) is 12.7. The summed E-state index contributed by atoms with van der Waals surface area (Å²) in [5.74, 6) is 1.44. The second-order valence-corrected chi connectivity index (χ2v) is 4.66. The normalized spacial score (nSPS) is 10.1. The first-order valence-electron chi connectivity index (χ1n) is 5.55. The molecule has 0 amide bonds. The Hall–Kier alpha value is -2.49. The number of fused-ring (bicyclic) bond motifs is 1. The van der Waals surface area contributed by atoms with E-state index >= 15 is 0 Å².